The molecule has 0 spiro atoms. The van der Waals surface area contributed by atoms with E-state index in [9.17, 15) is 13.0 Å². The van der Waals surface area contributed by atoms with Crippen LogP contribution < -0.4 is 35.3 Å². The Kier molecular flexibility index (Phi) is 5.95. The van der Waals surface area contributed by atoms with Crippen LogP contribution in [0.2, 0.25) is 0 Å². The second-order valence-corrected chi connectivity index (χ2v) is 10.2. The zero-order valence-corrected chi connectivity index (χ0v) is 21.1. The molecule has 0 saturated heterocycles. The van der Waals surface area contributed by atoms with Crippen LogP contribution in [0.15, 0.2) is 59.5 Å². The van der Waals surface area contributed by atoms with Gasteiger partial charge in [-0.05, 0) is 55.0 Å². The van der Waals surface area contributed by atoms with E-state index in [0.29, 0.717) is 26.5 Å². The van der Waals surface area contributed by atoms with Gasteiger partial charge < -0.3 is 10.3 Å². The maximum absolute atomic E-state index is 11.8. The normalized spacial score (nSPS) is 11.7. The van der Waals surface area contributed by atoms with Crippen molar-refractivity contribution >= 4 is 58.9 Å². The number of nitrogens with zero attached hydrogens (tertiary/aromatic N) is 2. The quantitative estimate of drug-likeness (QED) is 0.243. The summed E-state index contributed by atoms with van der Waals surface area (Å²) in [6, 6.07) is 16.8. The summed E-state index contributed by atoms with van der Waals surface area (Å²) in [5.41, 5.74) is 10.0. The van der Waals surface area contributed by atoms with Crippen molar-refractivity contribution in [1.29, 1.82) is 0 Å². The van der Waals surface area contributed by atoms with E-state index in [4.69, 9.17) is 10.7 Å². The Bertz CT molecular complexity index is 1540. The molecule has 2 heterocycles. The summed E-state index contributed by atoms with van der Waals surface area (Å²) < 4.78 is 36.7. The van der Waals surface area contributed by atoms with Crippen LogP contribution in [0, 0.1) is 6.92 Å². The van der Waals surface area contributed by atoms with Gasteiger partial charge in [-0.25, -0.2) is 18.4 Å². The maximum Gasteiger partial charge on any atom is 1.00 e. The fourth-order valence-corrected chi connectivity index (χ4v) is 6.54. The number of fused-ring (bicyclic) bond motifs is 2. The van der Waals surface area contributed by atoms with Crippen LogP contribution in [0.4, 0.5) is 5.69 Å². The molecule has 2 aromatic heterocycles. The summed E-state index contributed by atoms with van der Waals surface area (Å²) in [5, 5.41) is 1.53. The standard InChI is InChI=1S/C21H15N3O3S3.Na/c1-11-2-8-15-18(19(11)30(25,26)27)29-21(23-15)13-5-9-17-16(10-13)24-20(28-17)12-3-6-14(22)7-4-12;/h2-10H,22H2,1H3,(H,25,26,27);/q;+1/p-1. The average Bonchev–Trinajstić information content (AvgIpc) is 3.30. The first-order valence-electron chi connectivity index (χ1n) is 8.92. The van der Waals surface area contributed by atoms with E-state index >= 15 is 0 Å². The molecule has 2 N–H and O–H groups in total. The molecule has 6 nitrogen and oxygen atoms in total. The number of aryl methyl sites for hydroxylation is 1. The van der Waals surface area contributed by atoms with Gasteiger partial charge in [-0.3, -0.25) is 0 Å². The van der Waals surface area contributed by atoms with Gasteiger partial charge in [0.1, 0.15) is 20.1 Å². The first kappa shape index (κ1) is 22.3. The summed E-state index contributed by atoms with van der Waals surface area (Å²) in [6.07, 6.45) is 0. The van der Waals surface area contributed by atoms with Gasteiger partial charge in [0, 0.05) is 16.8 Å². The summed E-state index contributed by atoms with van der Waals surface area (Å²) in [5.74, 6) is 0. The minimum atomic E-state index is -4.59. The molecule has 0 radical (unpaired) electrons. The molecule has 5 rings (SSSR count). The van der Waals surface area contributed by atoms with E-state index in [1.165, 1.54) is 11.3 Å². The number of nitrogens with two attached hydrogens (primary N) is 1. The summed E-state index contributed by atoms with van der Waals surface area (Å²) >= 11 is 2.79. The molecule has 0 saturated carbocycles. The Morgan fingerprint density at radius 3 is 2.23 bits per heavy atom. The largest absolute Gasteiger partial charge is 1.00 e. The van der Waals surface area contributed by atoms with Crippen molar-refractivity contribution in [2.24, 2.45) is 0 Å². The summed E-state index contributed by atoms with van der Waals surface area (Å²) in [4.78, 5) is 9.10. The van der Waals surface area contributed by atoms with E-state index in [1.807, 2.05) is 42.5 Å². The molecule has 0 unspecified atom stereocenters. The molecule has 0 aliphatic rings. The van der Waals surface area contributed by atoms with Gasteiger partial charge in [0.2, 0.25) is 0 Å². The van der Waals surface area contributed by atoms with Crippen LogP contribution in [0.3, 0.4) is 0 Å². The number of aromatic nitrogens is 2. The summed E-state index contributed by atoms with van der Waals surface area (Å²) in [6.45, 7) is 1.61. The second kappa shape index (κ2) is 8.25. The molecule has 0 bridgehead atoms. The molecule has 3 aromatic carbocycles. The topological polar surface area (TPSA) is 109 Å². The van der Waals surface area contributed by atoms with Crippen LogP contribution in [-0.2, 0) is 10.1 Å². The molecule has 0 aliphatic carbocycles. The Labute approximate surface area is 208 Å². The fraction of sp³-hybridized carbons (Fsp3) is 0.0476. The monoisotopic (exact) mass is 475 g/mol. The first-order valence-corrected chi connectivity index (χ1v) is 12.0. The van der Waals surface area contributed by atoms with Gasteiger partial charge >= 0.3 is 29.6 Å². The van der Waals surface area contributed by atoms with Gasteiger partial charge in [0.25, 0.3) is 0 Å². The Hall–Kier alpha value is -1.85. The van der Waals surface area contributed by atoms with E-state index in [0.717, 1.165) is 26.4 Å². The number of benzene rings is 3. The van der Waals surface area contributed by atoms with Crippen molar-refractivity contribution in [2.45, 2.75) is 11.8 Å². The molecule has 31 heavy (non-hydrogen) atoms. The maximum atomic E-state index is 11.8. The van der Waals surface area contributed by atoms with Crippen LogP contribution in [0.25, 0.3) is 41.6 Å². The van der Waals surface area contributed by atoms with Crippen molar-refractivity contribution in [1.82, 2.24) is 9.97 Å². The van der Waals surface area contributed by atoms with E-state index in [1.54, 1.807) is 30.4 Å². The third kappa shape index (κ3) is 4.14. The molecule has 0 atom stereocenters. The molecule has 0 aliphatic heterocycles. The molecule has 150 valence electrons. The molecular weight excluding hydrogens is 461 g/mol. The number of nitrogen functional groups attached to an aromatic ring is 1. The fourth-order valence-electron chi connectivity index (χ4n) is 3.31. The Morgan fingerprint density at radius 1 is 0.871 bits per heavy atom. The number of thiazole rings is 2. The van der Waals surface area contributed by atoms with Crippen molar-refractivity contribution in [2.75, 3.05) is 5.73 Å². The van der Waals surface area contributed by atoms with Crippen LogP contribution in [0.5, 0.6) is 0 Å². The van der Waals surface area contributed by atoms with Gasteiger partial charge in [-0.2, -0.15) is 0 Å². The Balaban J connectivity index is 0.00000231. The SMILES string of the molecule is Cc1ccc2nc(-c3ccc4sc(-c5ccc(N)cc5)nc4c3)sc2c1S(=O)(=O)[O-].[Na+]. The van der Waals surface area contributed by atoms with E-state index in [-0.39, 0.29) is 34.5 Å². The van der Waals surface area contributed by atoms with Gasteiger partial charge in [0.05, 0.1) is 25.3 Å². The number of anilines is 1. The Morgan fingerprint density at radius 2 is 1.52 bits per heavy atom. The van der Waals surface area contributed by atoms with Gasteiger partial charge in [-0.15, -0.1) is 22.7 Å². The van der Waals surface area contributed by atoms with E-state index < -0.39 is 10.1 Å². The minimum Gasteiger partial charge on any atom is -0.744 e. The molecule has 5 aromatic rings. The third-order valence-electron chi connectivity index (χ3n) is 4.75. The number of hydrogen-bond acceptors (Lipinski definition) is 8. The number of rotatable bonds is 3. The van der Waals surface area contributed by atoms with Gasteiger partial charge in [0.15, 0.2) is 0 Å². The third-order valence-corrected chi connectivity index (χ3v) is 8.13. The predicted octanol–water partition coefficient (Wildman–Crippen LogP) is 2.04. The molecule has 10 heteroatoms. The van der Waals surface area contributed by atoms with Crippen LogP contribution >= 0.6 is 22.7 Å². The van der Waals surface area contributed by atoms with Crippen molar-refractivity contribution in [3.63, 3.8) is 0 Å². The molecule has 0 amide bonds. The molecular formula is C21H14N3NaO3S3. The average molecular weight is 476 g/mol. The van der Waals surface area contributed by atoms with Crippen molar-refractivity contribution < 1.29 is 42.5 Å². The zero-order valence-electron chi connectivity index (χ0n) is 16.6. The minimum absolute atomic E-state index is 0. The van der Waals surface area contributed by atoms with Crippen molar-refractivity contribution in [3.05, 3.63) is 60.2 Å². The smallest absolute Gasteiger partial charge is 0.744 e. The number of hydrogen-bond donors (Lipinski definition) is 1. The van der Waals surface area contributed by atoms with Crippen molar-refractivity contribution in [3.8, 4) is 21.1 Å². The second-order valence-electron chi connectivity index (χ2n) is 6.86. The van der Waals surface area contributed by atoms with Crippen LogP contribution in [0.1, 0.15) is 5.56 Å². The molecule has 0 fully saturated rings. The van der Waals surface area contributed by atoms with Gasteiger partial charge in [-0.1, -0.05) is 12.1 Å². The first-order chi connectivity index (χ1) is 14.3. The predicted molar refractivity (Wildman–Crippen MR) is 121 cm³/mol. The van der Waals surface area contributed by atoms with E-state index in [2.05, 4.69) is 4.98 Å². The zero-order chi connectivity index (χ0) is 21.0. The summed E-state index contributed by atoms with van der Waals surface area (Å²) in [7, 11) is -4.59. The van der Waals surface area contributed by atoms with Crippen LogP contribution in [-0.4, -0.2) is 22.9 Å².